The van der Waals surface area contributed by atoms with Gasteiger partial charge in [-0.3, -0.25) is 0 Å². The molecule has 0 unspecified atom stereocenters. The van der Waals surface area contributed by atoms with Crippen LogP contribution in [0.15, 0.2) is 36.5 Å². The van der Waals surface area contributed by atoms with Crippen molar-refractivity contribution in [2.45, 2.75) is 0 Å². The van der Waals surface area contributed by atoms with Crippen molar-refractivity contribution < 1.29 is 9.47 Å². The first-order chi connectivity index (χ1) is 10.3. The summed E-state index contributed by atoms with van der Waals surface area (Å²) in [6, 6.07) is 9.58. The van der Waals surface area contributed by atoms with Gasteiger partial charge < -0.3 is 19.7 Å². The molecule has 2 aromatic rings. The molecule has 1 aromatic carbocycles. The molecule has 0 spiro atoms. The van der Waals surface area contributed by atoms with Crippen molar-refractivity contribution in [2.24, 2.45) is 0 Å². The van der Waals surface area contributed by atoms with Gasteiger partial charge in [0.2, 0.25) is 5.95 Å². The number of anilines is 3. The zero-order valence-corrected chi connectivity index (χ0v) is 12.0. The van der Waals surface area contributed by atoms with E-state index in [1.807, 2.05) is 30.3 Å². The van der Waals surface area contributed by atoms with Crippen LogP contribution in [0.5, 0.6) is 5.75 Å². The van der Waals surface area contributed by atoms with E-state index in [2.05, 4.69) is 20.2 Å². The maximum atomic E-state index is 5.36. The molecule has 0 bridgehead atoms. The fourth-order valence-corrected chi connectivity index (χ4v) is 2.18. The molecule has 3 rings (SSSR count). The number of hydrogen-bond acceptors (Lipinski definition) is 6. The number of nitrogens with one attached hydrogen (secondary N) is 1. The fourth-order valence-electron chi connectivity index (χ4n) is 2.18. The van der Waals surface area contributed by atoms with Crippen molar-refractivity contribution in [3.8, 4) is 5.75 Å². The van der Waals surface area contributed by atoms with E-state index in [1.165, 1.54) is 0 Å². The fraction of sp³-hybridized carbons (Fsp3) is 0.333. The molecular formula is C15H18N4O2. The lowest BCUT2D eigenvalue weighted by Gasteiger charge is -2.27. The van der Waals surface area contributed by atoms with Crippen molar-refractivity contribution in [2.75, 3.05) is 43.6 Å². The summed E-state index contributed by atoms with van der Waals surface area (Å²) >= 11 is 0. The third-order valence-corrected chi connectivity index (χ3v) is 3.32. The van der Waals surface area contributed by atoms with Gasteiger partial charge in [-0.15, -0.1) is 0 Å². The summed E-state index contributed by atoms with van der Waals surface area (Å²) in [5, 5.41) is 3.20. The van der Waals surface area contributed by atoms with E-state index in [4.69, 9.17) is 9.47 Å². The van der Waals surface area contributed by atoms with Crippen molar-refractivity contribution in [1.29, 1.82) is 0 Å². The number of hydrogen-bond donors (Lipinski definition) is 1. The third kappa shape index (κ3) is 3.41. The predicted molar refractivity (Wildman–Crippen MR) is 81.3 cm³/mol. The Balaban J connectivity index is 1.72. The largest absolute Gasteiger partial charge is 0.497 e. The van der Waals surface area contributed by atoms with Crippen molar-refractivity contribution >= 4 is 17.5 Å². The van der Waals surface area contributed by atoms with Crippen LogP contribution in [-0.2, 0) is 4.74 Å². The van der Waals surface area contributed by atoms with Gasteiger partial charge in [-0.2, -0.15) is 4.98 Å². The Hall–Kier alpha value is -2.34. The number of nitrogens with zero attached hydrogens (tertiary/aromatic N) is 3. The summed E-state index contributed by atoms with van der Waals surface area (Å²) in [6.07, 6.45) is 1.77. The highest BCUT2D eigenvalue weighted by Crippen LogP contribution is 2.19. The minimum absolute atomic E-state index is 0.587. The van der Waals surface area contributed by atoms with Crippen LogP contribution in [-0.4, -0.2) is 43.4 Å². The van der Waals surface area contributed by atoms with Crippen LogP contribution in [0.1, 0.15) is 0 Å². The molecule has 21 heavy (non-hydrogen) atoms. The first-order valence-electron chi connectivity index (χ1n) is 6.92. The summed E-state index contributed by atoms with van der Waals surface area (Å²) in [4.78, 5) is 11.0. The molecule has 6 heteroatoms. The highest BCUT2D eigenvalue weighted by Gasteiger charge is 2.13. The molecule has 110 valence electrons. The second kappa shape index (κ2) is 6.41. The molecule has 6 nitrogen and oxygen atoms in total. The van der Waals surface area contributed by atoms with E-state index in [0.717, 1.165) is 43.6 Å². The van der Waals surface area contributed by atoms with E-state index in [0.29, 0.717) is 5.95 Å². The van der Waals surface area contributed by atoms with E-state index in [-0.39, 0.29) is 0 Å². The van der Waals surface area contributed by atoms with E-state index in [1.54, 1.807) is 13.3 Å². The van der Waals surface area contributed by atoms with Gasteiger partial charge in [0, 0.05) is 25.0 Å². The normalized spacial score (nSPS) is 14.8. The van der Waals surface area contributed by atoms with Crippen molar-refractivity contribution in [1.82, 2.24) is 9.97 Å². The lowest BCUT2D eigenvalue weighted by atomic mass is 10.3. The van der Waals surface area contributed by atoms with Crippen molar-refractivity contribution in [3.05, 3.63) is 36.5 Å². The van der Waals surface area contributed by atoms with Crippen LogP contribution in [0.4, 0.5) is 17.5 Å². The van der Waals surface area contributed by atoms with Gasteiger partial charge in [0.25, 0.3) is 0 Å². The Morgan fingerprint density at radius 3 is 2.62 bits per heavy atom. The zero-order chi connectivity index (χ0) is 14.5. The van der Waals surface area contributed by atoms with Crippen LogP contribution < -0.4 is 15.0 Å². The highest BCUT2D eigenvalue weighted by atomic mass is 16.5. The first kappa shape index (κ1) is 13.6. The Bertz CT molecular complexity index is 582. The maximum absolute atomic E-state index is 5.36. The lowest BCUT2D eigenvalue weighted by Crippen LogP contribution is -2.36. The Morgan fingerprint density at radius 1 is 1.14 bits per heavy atom. The highest BCUT2D eigenvalue weighted by molar-refractivity contribution is 5.56. The molecule has 1 aliphatic heterocycles. The van der Waals surface area contributed by atoms with Crippen LogP contribution in [0.2, 0.25) is 0 Å². The van der Waals surface area contributed by atoms with Gasteiger partial charge in [0.05, 0.1) is 20.3 Å². The molecule has 1 aliphatic rings. The minimum Gasteiger partial charge on any atom is -0.497 e. The minimum atomic E-state index is 0.587. The van der Waals surface area contributed by atoms with Crippen molar-refractivity contribution in [3.63, 3.8) is 0 Å². The molecule has 0 aliphatic carbocycles. The smallest absolute Gasteiger partial charge is 0.229 e. The van der Waals surface area contributed by atoms with Gasteiger partial charge >= 0.3 is 0 Å². The topological polar surface area (TPSA) is 59.5 Å². The Labute approximate surface area is 123 Å². The number of benzene rings is 1. The molecule has 1 fully saturated rings. The number of rotatable bonds is 4. The summed E-state index contributed by atoms with van der Waals surface area (Å²) in [6.45, 7) is 3.20. The third-order valence-electron chi connectivity index (χ3n) is 3.32. The van der Waals surface area contributed by atoms with E-state index >= 15 is 0 Å². The van der Waals surface area contributed by atoms with Gasteiger partial charge in [-0.25, -0.2) is 4.98 Å². The molecule has 1 saturated heterocycles. The molecule has 0 saturated carbocycles. The lowest BCUT2D eigenvalue weighted by molar-refractivity contribution is 0.122. The molecule has 2 heterocycles. The van der Waals surface area contributed by atoms with E-state index < -0.39 is 0 Å². The average molecular weight is 286 g/mol. The second-order valence-corrected chi connectivity index (χ2v) is 4.69. The summed E-state index contributed by atoms with van der Waals surface area (Å²) < 4.78 is 10.5. The predicted octanol–water partition coefficient (Wildman–Crippen LogP) is 2.07. The molecule has 0 amide bonds. The van der Waals surface area contributed by atoms with Crippen LogP contribution in [0.3, 0.4) is 0 Å². The molecule has 0 radical (unpaired) electrons. The van der Waals surface area contributed by atoms with Gasteiger partial charge in [0.15, 0.2) is 0 Å². The second-order valence-electron chi connectivity index (χ2n) is 4.69. The average Bonchev–Trinajstić information content (AvgIpc) is 2.57. The quantitative estimate of drug-likeness (QED) is 0.928. The zero-order valence-electron chi connectivity index (χ0n) is 12.0. The monoisotopic (exact) mass is 286 g/mol. The number of methoxy groups -OCH3 is 1. The van der Waals surface area contributed by atoms with Gasteiger partial charge in [-0.05, 0) is 30.3 Å². The van der Waals surface area contributed by atoms with Crippen LogP contribution >= 0.6 is 0 Å². The van der Waals surface area contributed by atoms with Crippen LogP contribution in [0.25, 0.3) is 0 Å². The first-order valence-corrected chi connectivity index (χ1v) is 6.92. The van der Waals surface area contributed by atoms with Gasteiger partial charge in [0.1, 0.15) is 11.6 Å². The number of morpholine rings is 1. The molecular weight excluding hydrogens is 268 g/mol. The van der Waals surface area contributed by atoms with Gasteiger partial charge in [-0.1, -0.05) is 0 Å². The Morgan fingerprint density at radius 2 is 1.90 bits per heavy atom. The summed E-state index contributed by atoms with van der Waals surface area (Å²) in [7, 11) is 1.65. The molecule has 0 atom stereocenters. The molecule has 1 aromatic heterocycles. The summed E-state index contributed by atoms with van der Waals surface area (Å²) in [5.74, 6) is 2.33. The molecule has 1 N–H and O–H groups in total. The standard InChI is InChI=1S/C15H18N4O2/c1-20-13-4-2-12(3-5-13)17-15-16-7-6-14(18-15)19-8-10-21-11-9-19/h2-7H,8-11H2,1H3,(H,16,17,18). The van der Waals surface area contributed by atoms with Crippen LogP contribution in [0, 0.1) is 0 Å². The number of ether oxygens (including phenoxy) is 2. The Kier molecular flexibility index (Phi) is 4.16. The van der Waals surface area contributed by atoms with E-state index in [9.17, 15) is 0 Å². The SMILES string of the molecule is COc1ccc(Nc2nccc(N3CCOCC3)n2)cc1. The maximum Gasteiger partial charge on any atom is 0.229 e. The summed E-state index contributed by atoms with van der Waals surface area (Å²) in [5.41, 5.74) is 0.926. The number of aromatic nitrogens is 2.